The number of hydrogen-bond donors (Lipinski definition) is 2. The first-order valence-corrected chi connectivity index (χ1v) is 6.16. The summed E-state index contributed by atoms with van der Waals surface area (Å²) in [5.74, 6) is -0.421. The van der Waals surface area contributed by atoms with Crippen LogP contribution < -0.4 is 11.1 Å². The lowest BCUT2D eigenvalue weighted by atomic mass is 10.1. The van der Waals surface area contributed by atoms with Crippen LogP contribution in [0.5, 0.6) is 0 Å². The molecule has 2 aromatic heterocycles. The van der Waals surface area contributed by atoms with Crippen molar-refractivity contribution >= 4 is 17.0 Å². The molecule has 3 aromatic rings. The summed E-state index contributed by atoms with van der Waals surface area (Å²) in [6.07, 6.45) is 2.10. The number of amides is 1. The third-order valence-corrected chi connectivity index (χ3v) is 2.93. The smallest absolute Gasteiger partial charge is 0.417 e. The van der Waals surface area contributed by atoms with E-state index in [1.54, 1.807) is 18.2 Å². The van der Waals surface area contributed by atoms with E-state index < -0.39 is 5.76 Å². The summed E-state index contributed by atoms with van der Waals surface area (Å²) in [6, 6.07) is 8.70. The number of nitrogens with one attached hydrogen (secondary N) is 2. The number of H-pyrrole nitrogens is 1. The number of carbonyl (C=O) groups is 1. The molecule has 2 N–H and O–H groups in total. The molecule has 1 aromatic carbocycles. The van der Waals surface area contributed by atoms with E-state index in [0.717, 1.165) is 5.56 Å². The minimum atomic E-state index is -0.469. The van der Waals surface area contributed by atoms with E-state index in [9.17, 15) is 9.59 Å². The van der Waals surface area contributed by atoms with Crippen LogP contribution in [0.25, 0.3) is 11.1 Å². The van der Waals surface area contributed by atoms with Gasteiger partial charge in [0.15, 0.2) is 11.3 Å². The van der Waals surface area contributed by atoms with Gasteiger partial charge in [-0.1, -0.05) is 6.07 Å². The van der Waals surface area contributed by atoms with Crippen LogP contribution >= 0.6 is 0 Å². The molecule has 0 bridgehead atoms. The predicted octanol–water partition coefficient (Wildman–Crippen LogP) is 1.69. The Kier molecular flexibility index (Phi) is 3.12. The van der Waals surface area contributed by atoms with Gasteiger partial charge in [-0.3, -0.25) is 9.78 Å². The third-order valence-electron chi connectivity index (χ3n) is 2.93. The average molecular weight is 272 g/mol. The second-order valence-electron chi connectivity index (χ2n) is 4.33. The van der Waals surface area contributed by atoms with Crippen molar-refractivity contribution in [1.82, 2.24) is 10.3 Å². The molecule has 0 saturated carbocycles. The third kappa shape index (κ3) is 2.49. The van der Waals surface area contributed by atoms with Gasteiger partial charge >= 0.3 is 5.76 Å². The summed E-state index contributed by atoms with van der Waals surface area (Å²) in [4.78, 5) is 25.3. The Labute approximate surface area is 113 Å². The Hall–Kier alpha value is -2.76. The lowest BCUT2D eigenvalue weighted by molar-refractivity contribution is 0.0926. The van der Waals surface area contributed by atoms with Crippen LogP contribution in [-0.2, 0) is 6.42 Å². The summed E-state index contributed by atoms with van der Waals surface area (Å²) in [5.41, 5.74) is 2.18. The van der Waals surface area contributed by atoms with Gasteiger partial charge in [0.05, 0.1) is 11.8 Å². The standard InChI is InChI=1S/C14H12N2O4/c17-13(12-2-1-7-19-12)15-6-5-9-3-4-11-10(8-9)16-14(18)20-11/h1-4,7-8H,5-6H2,(H,15,17)(H,16,18). The van der Waals surface area contributed by atoms with E-state index in [4.69, 9.17) is 8.83 Å². The molecule has 3 rings (SSSR count). The maximum atomic E-state index is 11.6. The number of rotatable bonds is 4. The van der Waals surface area contributed by atoms with Gasteiger partial charge in [-0.2, -0.15) is 0 Å². The van der Waals surface area contributed by atoms with E-state index in [2.05, 4.69) is 10.3 Å². The molecule has 102 valence electrons. The molecule has 6 heteroatoms. The van der Waals surface area contributed by atoms with Crippen molar-refractivity contribution in [3.8, 4) is 0 Å². The minimum absolute atomic E-state index is 0.243. The monoisotopic (exact) mass is 272 g/mol. The van der Waals surface area contributed by atoms with Crippen molar-refractivity contribution in [1.29, 1.82) is 0 Å². The summed E-state index contributed by atoms with van der Waals surface area (Å²) in [5, 5.41) is 2.76. The summed E-state index contributed by atoms with van der Waals surface area (Å²) < 4.78 is 9.92. The first kappa shape index (κ1) is 12.3. The van der Waals surface area contributed by atoms with E-state index in [1.165, 1.54) is 6.26 Å². The molecule has 0 radical (unpaired) electrons. The van der Waals surface area contributed by atoms with E-state index >= 15 is 0 Å². The molecule has 20 heavy (non-hydrogen) atoms. The maximum Gasteiger partial charge on any atom is 0.417 e. The topological polar surface area (TPSA) is 88.2 Å². The van der Waals surface area contributed by atoms with Crippen molar-refractivity contribution in [2.75, 3.05) is 6.54 Å². The summed E-state index contributed by atoms with van der Waals surface area (Å²) >= 11 is 0. The number of aromatic amines is 1. The van der Waals surface area contributed by atoms with E-state index in [-0.39, 0.29) is 5.91 Å². The molecular weight excluding hydrogens is 260 g/mol. The van der Waals surface area contributed by atoms with Crippen LogP contribution in [-0.4, -0.2) is 17.4 Å². The van der Waals surface area contributed by atoms with Crippen molar-refractivity contribution < 1.29 is 13.6 Å². The second-order valence-corrected chi connectivity index (χ2v) is 4.33. The molecule has 0 aliphatic rings. The molecule has 0 aliphatic heterocycles. The van der Waals surface area contributed by atoms with Crippen LogP contribution in [0, 0.1) is 0 Å². The number of oxazole rings is 1. The SMILES string of the molecule is O=C(NCCc1ccc2oc(=O)[nH]c2c1)c1ccco1. The second kappa shape index (κ2) is 5.08. The lowest BCUT2D eigenvalue weighted by Crippen LogP contribution is -2.25. The first-order chi connectivity index (χ1) is 9.72. The fraction of sp³-hybridized carbons (Fsp3) is 0.143. The number of fused-ring (bicyclic) bond motifs is 1. The molecule has 6 nitrogen and oxygen atoms in total. The van der Waals surface area contributed by atoms with Crippen molar-refractivity contribution in [2.45, 2.75) is 6.42 Å². The van der Waals surface area contributed by atoms with Crippen LogP contribution in [0.15, 0.2) is 50.2 Å². The highest BCUT2D eigenvalue weighted by Gasteiger charge is 2.07. The predicted molar refractivity (Wildman–Crippen MR) is 71.6 cm³/mol. The van der Waals surface area contributed by atoms with Gasteiger partial charge in [-0.05, 0) is 36.2 Å². The minimum Gasteiger partial charge on any atom is -0.459 e. The Bertz CT molecular complexity index is 783. The Balaban J connectivity index is 1.62. The molecular formula is C14H12N2O4. The lowest BCUT2D eigenvalue weighted by Gasteiger charge is -2.03. The number of benzene rings is 1. The highest BCUT2D eigenvalue weighted by atomic mass is 16.4. The molecule has 0 spiro atoms. The van der Waals surface area contributed by atoms with E-state index in [1.807, 2.05) is 12.1 Å². The maximum absolute atomic E-state index is 11.6. The Morgan fingerprint density at radius 3 is 3.00 bits per heavy atom. The fourth-order valence-electron chi connectivity index (χ4n) is 1.97. The van der Waals surface area contributed by atoms with Gasteiger partial charge in [-0.25, -0.2) is 4.79 Å². The number of furan rings is 1. The quantitative estimate of drug-likeness (QED) is 0.756. The van der Waals surface area contributed by atoms with Gasteiger partial charge in [0, 0.05) is 6.54 Å². The highest BCUT2D eigenvalue weighted by Crippen LogP contribution is 2.12. The zero-order valence-electron chi connectivity index (χ0n) is 10.5. The molecule has 0 aliphatic carbocycles. The van der Waals surface area contributed by atoms with Gasteiger partial charge in [0.2, 0.25) is 0 Å². The van der Waals surface area contributed by atoms with Crippen LogP contribution in [0.3, 0.4) is 0 Å². The normalized spacial score (nSPS) is 10.8. The Morgan fingerprint density at radius 2 is 2.20 bits per heavy atom. The summed E-state index contributed by atoms with van der Waals surface area (Å²) in [6.45, 7) is 0.479. The fourth-order valence-corrected chi connectivity index (χ4v) is 1.97. The first-order valence-electron chi connectivity index (χ1n) is 6.16. The largest absolute Gasteiger partial charge is 0.459 e. The zero-order chi connectivity index (χ0) is 13.9. The summed E-state index contributed by atoms with van der Waals surface area (Å²) in [7, 11) is 0. The number of carbonyl (C=O) groups excluding carboxylic acids is 1. The van der Waals surface area contributed by atoms with Crippen LogP contribution in [0.4, 0.5) is 0 Å². The van der Waals surface area contributed by atoms with Gasteiger partial charge in [0.25, 0.3) is 5.91 Å². The molecule has 0 fully saturated rings. The highest BCUT2D eigenvalue weighted by molar-refractivity contribution is 5.91. The zero-order valence-corrected chi connectivity index (χ0v) is 10.5. The molecule has 0 atom stereocenters. The Morgan fingerprint density at radius 1 is 1.30 bits per heavy atom. The molecule has 2 heterocycles. The van der Waals surface area contributed by atoms with Gasteiger partial charge < -0.3 is 14.2 Å². The van der Waals surface area contributed by atoms with Crippen molar-refractivity contribution in [2.24, 2.45) is 0 Å². The van der Waals surface area contributed by atoms with Crippen LogP contribution in [0.1, 0.15) is 16.1 Å². The number of hydrogen-bond acceptors (Lipinski definition) is 4. The number of aromatic nitrogens is 1. The van der Waals surface area contributed by atoms with Crippen molar-refractivity contribution in [3.05, 3.63) is 58.5 Å². The molecule has 0 saturated heterocycles. The van der Waals surface area contributed by atoms with Crippen LogP contribution in [0.2, 0.25) is 0 Å². The molecule has 1 amide bonds. The average Bonchev–Trinajstić information content (AvgIpc) is 3.05. The van der Waals surface area contributed by atoms with Gasteiger partial charge in [0.1, 0.15) is 0 Å². The van der Waals surface area contributed by atoms with Crippen molar-refractivity contribution in [3.63, 3.8) is 0 Å². The molecule has 0 unspecified atom stereocenters. The van der Waals surface area contributed by atoms with E-state index in [0.29, 0.717) is 29.8 Å². The van der Waals surface area contributed by atoms with Gasteiger partial charge in [-0.15, -0.1) is 0 Å².